The fourth-order valence-electron chi connectivity index (χ4n) is 6.72. The van der Waals surface area contributed by atoms with E-state index in [1.807, 2.05) is 6.07 Å². The molecule has 1 atom stereocenters. The Bertz CT molecular complexity index is 952. The molecule has 1 aliphatic heterocycles. The van der Waals surface area contributed by atoms with Crippen LogP contribution in [0.3, 0.4) is 0 Å². The van der Waals surface area contributed by atoms with Crippen LogP contribution in [-0.2, 0) is 4.57 Å². The second-order valence-electron chi connectivity index (χ2n) is 12.7. The predicted molar refractivity (Wildman–Crippen MR) is 168 cm³/mol. The zero-order valence-electron chi connectivity index (χ0n) is 25.1. The first-order valence-electron chi connectivity index (χ1n) is 16.1. The minimum Gasteiger partial charge on any atom is -0.383 e. The van der Waals surface area contributed by atoms with Gasteiger partial charge >= 0.3 is 7.60 Å². The van der Waals surface area contributed by atoms with Crippen molar-refractivity contribution in [3.63, 3.8) is 0 Å². The number of nitrogens with one attached hydrogen (secondary N) is 3. The molecule has 2 aliphatic carbocycles. The lowest BCUT2D eigenvalue weighted by Gasteiger charge is -2.40. The number of rotatable bonds is 15. The zero-order valence-corrected chi connectivity index (χ0v) is 26.0. The number of nitrogens with two attached hydrogens (primary N) is 1. The van der Waals surface area contributed by atoms with Crippen LogP contribution in [0.2, 0.25) is 0 Å². The van der Waals surface area contributed by atoms with E-state index in [1.165, 1.54) is 64.2 Å². The molecule has 3 fully saturated rings. The number of aromatic nitrogens is 2. The highest BCUT2D eigenvalue weighted by Crippen LogP contribution is 2.35. The van der Waals surface area contributed by atoms with Gasteiger partial charge in [-0.2, -0.15) is 9.97 Å². The van der Waals surface area contributed by atoms with Gasteiger partial charge in [-0.3, -0.25) is 9.46 Å². The summed E-state index contributed by atoms with van der Waals surface area (Å²) in [5, 5.41) is 10.9. The van der Waals surface area contributed by atoms with Crippen LogP contribution in [0, 0.1) is 11.8 Å². The molecule has 0 radical (unpaired) electrons. The molecule has 11 nitrogen and oxygen atoms in total. The Kier molecular flexibility index (Phi) is 13.0. The molecule has 1 saturated heterocycles. The Balaban J connectivity index is 1.11. The van der Waals surface area contributed by atoms with E-state index in [2.05, 4.69) is 37.7 Å². The van der Waals surface area contributed by atoms with E-state index in [0.717, 1.165) is 63.6 Å². The Morgan fingerprint density at radius 3 is 2.41 bits per heavy atom. The average Bonchev–Trinajstić information content (AvgIpc) is 2.95. The van der Waals surface area contributed by atoms with Crippen molar-refractivity contribution in [2.24, 2.45) is 11.8 Å². The number of hydrogen-bond donors (Lipinski definition) is 6. The number of nitrogen functional groups attached to an aromatic ring is 1. The molecule has 3 aliphatic rings. The Labute approximate surface area is 247 Å². The van der Waals surface area contributed by atoms with Crippen molar-refractivity contribution in [3.05, 3.63) is 6.07 Å². The van der Waals surface area contributed by atoms with Crippen molar-refractivity contribution in [1.82, 2.24) is 25.5 Å². The molecule has 1 aromatic heterocycles. The van der Waals surface area contributed by atoms with Crippen LogP contribution in [0.25, 0.3) is 0 Å². The zero-order chi connectivity index (χ0) is 29.1. The van der Waals surface area contributed by atoms with Crippen LogP contribution in [0.1, 0.15) is 77.6 Å². The highest BCUT2D eigenvalue weighted by Gasteiger charge is 2.26. The maximum atomic E-state index is 11.2. The van der Waals surface area contributed by atoms with Gasteiger partial charge in [-0.15, -0.1) is 0 Å². The fraction of sp³-hybridized carbons (Fsp3) is 0.862. The maximum Gasteiger partial charge on any atom is 0.325 e. The lowest BCUT2D eigenvalue weighted by molar-refractivity contribution is 0.188. The monoisotopic (exact) mass is 594 g/mol. The van der Waals surface area contributed by atoms with Crippen molar-refractivity contribution in [3.8, 4) is 0 Å². The maximum absolute atomic E-state index is 11.2. The molecule has 2 saturated carbocycles. The lowest BCUT2D eigenvalue weighted by Crippen LogP contribution is -2.52. The molecule has 2 heterocycles. The van der Waals surface area contributed by atoms with E-state index in [-0.39, 0.29) is 12.2 Å². The molecule has 0 amide bonds. The summed E-state index contributed by atoms with van der Waals surface area (Å²) in [4.78, 5) is 32.0. The van der Waals surface area contributed by atoms with E-state index >= 15 is 0 Å². The second kappa shape index (κ2) is 16.4. The van der Waals surface area contributed by atoms with E-state index in [1.54, 1.807) is 0 Å². The van der Waals surface area contributed by atoms with E-state index in [9.17, 15) is 4.57 Å². The summed E-state index contributed by atoms with van der Waals surface area (Å²) in [5.41, 5.74) is 6.16. The van der Waals surface area contributed by atoms with Crippen LogP contribution in [0.15, 0.2) is 6.07 Å². The first-order valence-corrected chi connectivity index (χ1v) is 17.9. The summed E-state index contributed by atoms with van der Waals surface area (Å²) in [5.74, 6) is 3.33. The molecular formula is C29H55N8O3P. The van der Waals surface area contributed by atoms with Gasteiger partial charge in [0.05, 0.1) is 6.16 Å². The van der Waals surface area contributed by atoms with Gasteiger partial charge in [0.2, 0.25) is 5.95 Å². The summed E-state index contributed by atoms with van der Waals surface area (Å²) in [6, 6.07) is 2.86. The molecule has 0 bridgehead atoms. The summed E-state index contributed by atoms with van der Waals surface area (Å²) in [6.07, 6.45) is 13.6. The third kappa shape index (κ3) is 11.6. The Hall–Kier alpha value is -1.49. The van der Waals surface area contributed by atoms with Crippen molar-refractivity contribution >= 4 is 25.2 Å². The van der Waals surface area contributed by atoms with Crippen molar-refractivity contribution in [1.29, 1.82) is 0 Å². The fourth-order valence-corrected chi connectivity index (χ4v) is 7.27. The topological polar surface area (TPSA) is 152 Å². The third-order valence-corrected chi connectivity index (χ3v) is 10.1. The van der Waals surface area contributed by atoms with Crippen molar-refractivity contribution < 1.29 is 14.4 Å². The Morgan fingerprint density at radius 2 is 1.71 bits per heavy atom. The van der Waals surface area contributed by atoms with Gasteiger partial charge < -0.3 is 36.4 Å². The number of piperazine rings is 1. The summed E-state index contributed by atoms with van der Waals surface area (Å²) in [7, 11) is -3.94. The third-order valence-electron chi connectivity index (χ3n) is 9.23. The van der Waals surface area contributed by atoms with Gasteiger partial charge in [0, 0.05) is 44.3 Å². The minimum absolute atomic E-state index is 0.0613. The summed E-state index contributed by atoms with van der Waals surface area (Å²) < 4.78 is 11.2. The van der Waals surface area contributed by atoms with Crippen LogP contribution >= 0.6 is 7.60 Å². The van der Waals surface area contributed by atoms with Gasteiger partial charge in [0.25, 0.3) is 0 Å². The van der Waals surface area contributed by atoms with Gasteiger partial charge in [-0.25, -0.2) is 0 Å². The Morgan fingerprint density at radius 1 is 0.976 bits per heavy atom. The quantitative estimate of drug-likeness (QED) is 0.131. The standard InChI is InChI=1S/C29H55N8O3P/c1-23-22-37(17-16-36(23)15-6-18-41(38,39)40)28-19-27(30)34-29(35-28)33-21-25-11-9-24(10-12-25)20-31-13-5-14-32-26-7-3-2-4-8-26/h19,23-26,31-32H,2-18,20-22H2,1H3,(H2,38,39,40)(H3,30,33,34,35)/t23-,24?,25?/m1/s1. The first kappa shape index (κ1) is 32.4. The van der Waals surface area contributed by atoms with E-state index in [4.69, 9.17) is 20.5 Å². The smallest absolute Gasteiger partial charge is 0.325 e. The SMILES string of the molecule is C[C@@H]1CN(c2cc(N)nc(NCC3CCC(CNCCCNC4CCCCC4)CC3)n2)CCN1CCCP(=O)(O)O. The molecule has 12 heteroatoms. The van der Waals surface area contributed by atoms with Crippen LogP contribution in [0.5, 0.6) is 0 Å². The molecular weight excluding hydrogens is 539 g/mol. The van der Waals surface area contributed by atoms with Gasteiger partial charge in [-0.05, 0) is 96.3 Å². The molecule has 41 heavy (non-hydrogen) atoms. The van der Waals surface area contributed by atoms with Crippen molar-refractivity contribution in [2.75, 3.05) is 74.5 Å². The van der Waals surface area contributed by atoms with Crippen LogP contribution in [-0.4, -0.2) is 95.3 Å². The highest BCUT2D eigenvalue weighted by atomic mass is 31.2. The van der Waals surface area contributed by atoms with Gasteiger partial charge in [0.15, 0.2) is 0 Å². The van der Waals surface area contributed by atoms with E-state index < -0.39 is 7.60 Å². The minimum atomic E-state index is -3.94. The van der Waals surface area contributed by atoms with Gasteiger partial charge in [0.1, 0.15) is 11.6 Å². The number of hydrogen-bond acceptors (Lipinski definition) is 9. The molecule has 4 rings (SSSR count). The van der Waals surface area contributed by atoms with Crippen LogP contribution < -0.4 is 26.6 Å². The lowest BCUT2D eigenvalue weighted by atomic mass is 9.82. The van der Waals surface area contributed by atoms with Crippen LogP contribution in [0.4, 0.5) is 17.6 Å². The normalized spacial score (nSPS) is 25.0. The summed E-state index contributed by atoms with van der Waals surface area (Å²) >= 11 is 0. The second-order valence-corrected chi connectivity index (χ2v) is 14.4. The molecule has 1 aromatic rings. The number of nitrogens with zero attached hydrogens (tertiary/aromatic N) is 4. The number of anilines is 3. The molecule has 7 N–H and O–H groups in total. The highest BCUT2D eigenvalue weighted by molar-refractivity contribution is 7.51. The van der Waals surface area contributed by atoms with E-state index in [0.29, 0.717) is 30.6 Å². The average molecular weight is 595 g/mol. The molecule has 234 valence electrons. The molecule has 0 spiro atoms. The predicted octanol–water partition coefficient (Wildman–Crippen LogP) is 3.26. The first-order chi connectivity index (χ1) is 19.7. The summed E-state index contributed by atoms with van der Waals surface area (Å²) in [6.45, 7) is 9.52. The largest absolute Gasteiger partial charge is 0.383 e. The van der Waals surface area contributed by atoms with Crippen molar-refractivity contribution in [2.45, 2.75) is 89.6 Å². The molecule has 0 unspecified atom stereocenters. The molecule has 0 aromatic carbocycles. The van der Waals surface area contributed by atoms with Gasteiger partial charge in [-0.1, -0.05) is 19.3 Å².